The van der Waals surface area contributed by atoms with Crippen LogP contribution in [0.3, 0.4) is 0 Å². The van der Waals surface area contributed by atoms with Gasteiger partial charge in [-0.3, -0.25) is 4.79 Å². The molecule has 0 radical (unpaired) electrons. The molecule has 1 heterocycles. The topological polar surface area (TPSA) is 57.7 Å². The molecule has 30 heavy (non-hydrogen) atoms. The summed E-state index contributed by atoms with van der Waals surface area (Å²) in [5.74, 6) is -0.726. The first-order valence-electron chi connectivity index (χ1n) is 10.2. The van der Waals surface area contributed by atoms with Crippen LogP contribution < -0.4 is 0 Å². The Morgan fingerprint density at radius 2 is 1.87 bits per heavy atom. The molecule has 160 valence electrons. The van der Waals surface area contributed by atoms with Crippen LogP contribution in [0.4, 0.5) is 4.39 Å². The van der Waals surface area contributed by atoms with Crippen LogP contribution in [0.5, 0.6) is 0 Å². The summed E-state index contributed by atoms with van der Waals surface area (Å²) in [5.41, 5.74) is 0.755. The number of benzene rings is 2. The number of nitrogens with zero attached hydrogens (tertiary/aromatic N) is 2. The Morgan fingerprint density at radius 1 is 1.13 bits per heavy atom. The molecular formula is C22H24BrFN2O3S. The predicted molar refractivity (Wildman–Crippen MR) is 116 cm³/mol. The van der Waals surface area contributed by atoms with Crippen LogP contribution >= 0.6 is 15.9 Å². The van der Waals surface area contributed by atoms with Gasteiger partial charge in [-0.15, -0.1) is 0 Å². The summed E-state index contributed by atoms with van der Waals surface area (Å²) in [4.78, 5) is 15.4. The summed E-state index contributed by atoms with van der Waals surface area (Å²) in [6, 6.07) is 13.0. The van der Waals surface area contributed by atoms with Crippen molar-refractivity contribution in [1.29, 1.82) is 0 Å². The van der Waals surface area contributed by atoms with Gasteiger partial charge in [-0.05, 0) is 67.6 Å². The van der Waals surface area contributed by atoms with Crippen molar-refractivity contribution >= 4 is 31.9 Å². The van der Waals surface area contributed by atoms with E-state index in [-0.39, 0.29) is 35.1 Å². The van der Waals surface area contributed by atoms with E-state index in [1.165, 1.54) is 16.4 Å². The van der Waals surface area contributed by atoms with Gasteiger partial charge in [0.1, 0.15) is 5.82 Å². The highest BCUT2D eigenvalue weighted by atomic mass is 79.9. The van der Waals surface area contributed by atoms with E-state index in [0.717, 1.165) is 22.9 Å². The largest absolute Gasteiger partial charge is 0.335 e. The molecule has 2 fully saturated rings. The third-order valence-electron chi connectivity index (χ3n) is 5.70. The van der Waals surface area contributed by atoms with Crippen molar-refractivity contribution in [3.63, 3.8) is 0 Å². The summed E-state index contributed by atoms with van der Waals surface area (Å²) < 4.78 is 41.9. The number of piperidine rings is 1. The molecule has 8 heteroatoms. The predicted octanol–water partition coefficient (Wildman–Crippen LogP) is 4.18. The zero-order chi connectivity index (χ0) is 21.3. The van der Waals surface area contributed by atoms with Gasteiger partial charge < -0.3 is 4.90 Å². The molecule has 1 amide bonds. The highest BCUT2D eigenvalue weighted by Crippen LogP contribution is 2.32. The fourth-order valence-corrected chi connectivity index (χ4v) is 5.75. The molecule has 0 spiro atoms. The molecule has 1 aliphatic carbocycles. The van der Waals surface area contributed by atoms with Crippen molar-refractivity contribution in [3.05, 3.63) is 64.4 Å². The molecular weight excluding hydrogens is 471 g/mol. The summed E-state index contributed by atoms with van der Waals surface area (Å²) >= 11 is 3.32. The van der Waals surface area contributed by atoms with Crippen LogP contribution in [-0.2, 0) is 21.4 Å². The van der Waals surface area contributed by atoms with Crippen LogP contribution in [-0.4, -0.2) is 42.7 Å². The standard InChI is InChI=1S/C22H24BrFN2O3S/c23-18-6-10-21(11-7-18)30(28,29)25-12-2-4-17(15-25)22(27)26(20-8-9-20)14-16-3-1-5-19(24)13-16/h1,3,5-7,10-11,13,17,20H,2,4,8-9,12,14-15H2. The minimum Gasteiger partial charge on any atom is -0.335 e. The van der Waals surface area contributed by atoms with Gasteiger partial charge in [0.15, 0.2) is 0 Å². The molecule has 0 aromatic heterocycles. The zero-order valence-corrected chi connectivity index (χ0v) is 18.9. The Kier molecular flexibility index (Phi) is 6.27. The number of rotatable bonds is 6. The van der Waals surface area contributed by atoms with Crippen LogP contribution in [0, 0.1) is 11.7 Å². The molecule has 4 rings (SSSR count). The second kappa shape index (κ2) is 8.77. The van der Waals surface area contributed by atoms with Gasteiger partial charge in [0.25, 0.3) is 0 Å². The van der Waals surface area contributed by atoms with Crippen LogP contribution in [0.1, 0.15) is 31.2 Å². The normalized spacial score (nSPS) is 20.1. The molecule has 1 aliphatic heterocycles. The number of carbonyl (C=O) groups is 1. The molecule has 2 aliphatic rings. The van der Waals surface area contributed by atoms with Crippen molar-refractivity contribution < 1.29 is 17.6 Å². The lowest BCUT2D eigenvalue weighted by molar-refractivity contribution is -0.138. The lowest BCUT2D eigenvalue weighted by Crippen LogP contribution is -2.47. The van der Waals surface area contributed by atoms with Crippen molar-refractivity contribution in [2.24, 2.45) is 5.92 Å². The van der Waals surface area contributed by atoms with Crippen LogP contribution in [0.2, 0.25) is 0 Å². The average molecular weight is 495 g/mol. The quantitative estimate of drug-likeness (QED) is 0.605. The maximum atomic E-state index is 13.6. The first-order valence-corrected chi connectivity index (χ1v) is 12.4. The smallest absolute Gasteiger partial charge is 0.243 e. The second-order valence-corrected chi connectivity index (χ2v) is 10.8. The van der Waals surface area contributed by atoms with Gasteiger partial charge in [-0.2, -0.15) is 4.31 Å². The average Bonchev–Trinajstić information content (AvgIpc) is 3.57. The van der Waals surface area contributed by atoms with Gasteiger partial charge in [-0.1, -0.05) is 28.1 Å². The maximum Gasteiger partial charge on any atom is 0.243 e. The third kappa shape index (κ3) is 4.76. The Bertz CT molecular complexity index is 1020. The van der Waals surface area contributed by atoms with Crippen molar-refractivity contribution in [2.45, 2.75) is 43.2 Å². The lowest BCUT2D eigenvalue weighted by atomic mass is 9.97. The fraction of sp³-hybridized carbons (Fsp3) is 0.409. The second-order valence-electron chi connectivity index (χ2n) is 7.98. The monoisotopic (exact) mass is 494 g/mol. The molecule has 1 saturated heterocycles. The molecule has 1 unspecified atom stereocenters. The van der Waals surface area contributed by atoms with Crippen molar-refractivity contribution in [2.75, 3.05) is 13.1 Å². The van der Waals surface area contributed by atoms with Crippen molar-refractivity contribution in [1.82, 2.24) is 9.21 Å². The summed E-state index contributed by atoms with van der Waals surface area (Å²) in [7, 11) is -3.65. The van der Waals surface area contributed by atoms with E-state index in [4.69, 9.17) is 0 Å². The van der Waals surface area contributed by atoms with E-state index in [1.807, 2.05) is 11.0 Å². The van der Waals surface area contributed by atoms with Crippen molar-refractivity contribution in [3.8, 4) is 0 Å². The molecule has 1 atom stereocenters. The molecule has 2 aromatic rings. The molecule has 1 saturated carbocycles. The highest BCUT2D eigenvalue weighted by molar-refractivity contribution is 9.10. The number of carbonyl (C=O) groups excluding carboxylic acids is 1. The lowest BCUT2D eigenvalue weighted by Gasteiger charge is -2.34. The highest BCUT2D eigenvalue weighted by Gasteiger charge is 2.39. The number of hydrogen-bond acceptors (Lipinski definition) is 3. The van der Waals surface area contributed by atoms with Gasteiger partial charge in [-0.25, -0.2) is 12.8 Å². The maximum absolute atomic E-state index is 13.6. The number of amides is 1. The van der Waals surface area contributed by atoms with Gasteiger partial charge in [0, 0.05) is 30.1 Å². The van der Waals surface area contributed by atoms with Gasteiger partial charge >= 0.3 is 0 Å². The summed E-state index contributed by atoms with van der Waals surface area (Å²) in [6.07, 6.45) is 3.19. The third-order valence-corrected chi connectivity index (χ3v) is 8.11. The molecule has 5 nitrogen and oxygen atoms in total. The van der Waals surface area contributed by atoms with Crippen LogP contribution in [0.15, 0.2) is 57.9 Å². The Morgan fingerprint density at radius 3 is 2.53 bits per heavy atom. The fourth-order valence-electron chi connectivity index (χ4n) is 3.96. The first kappa shape index (κ1) is 21.5. The number of sulfonamides is 1. The van der Waals surface area contributed by atoms with E-state index < -0.39 is 10.0 Å². The first-order chi connectivity index (χ1) is 14.3. The molecule has 2 aromatic carbocycles. The van der Waals surface area contributed by atoms with E-state index in [0.29, 0.717) is 25.9 Å². The SMILES string of the molecule is O=C(C1CCCN(S(=O)(=O)c2ccc(Br)cc2)C1)N(Cc1cccc(F)c1)C1CC1. The van der Waals surface area contributed by atoms with Crippen LogP contribution in [0.25, 0.3) is 0 Å². The van der Waals surface area contributed by atoms with E-state index >= 15 is 0 Å². The number of halogens is 2. The minimum atomic E-state index is -3.65. The molecule has 0 bridgehead atoms. The molecule has 0 N–H and O–H groups in total. The zero-order valence-electron chi connectivity index (χ0n) is 16.5. The van der Waals surface area contributed by atoms with Gasteiger partial charge in [0.05, 0.1) is 10.8 Å². The Hall–Kier alpha value is -1.77. The summed E-state index contributed by atoms with van der Waals surface area (Å²) in [5, 5.41) is 0. The van der Waals surface area contributed by atoms with E-state index in [9.17, 15) is 17.6 Å². The van der Waals surface area contributed by atoms with E-state index in [1.54, 1.807) is 30.3 Å². The Labute approximate surface area is 185 Å². The number of hydrogen-bond donors (Lipinski definition) is 0. The Balaban J connectivity index is 1.50. The van der Waals surface area contributed by atoms with Gasteiger partial charge in [0.2, 0.25) is 15.9 Å². The summed E-state index contributed by atoms with van der Waals surface area (Å²) in [6.45, 7) is 0.955. The minimum absolute atomic E-state index is 0.0301. The van der Waals surface area contributed by atoms with E-state index in [2.05, 4.69) is 15.9 Å².